The normalized spacial score (nSPS) is 11.0. The van der Waals surface area contributed by atoms with Gasteiger partial charge in [0.2, 0.25) is 11.8 Å². The van der Waals surface area contributed by atoms with Crippen molar-refractivity contribution in [2.24, 2.45) is 0 Å². The Hall–Kier alpha value is -2.62. The maximum atomic E-state index is 5.93. The minimum Gasteiger partial charge on any atom is -0.438 e. The number of nitrogens with zero attached hydrogens (tertiary/aromatic N) is 2. The second kappa shape index (κ2) is 5.40. The number of nitrogens with two attached hydrogens (primary N) is 1. The molecule has 0 spiro atoms. The zero-order chi connectivity index (χ0) is 14.8. The zero-order valence-electron chi connectivity index (χ0n) is 12.1. The number of benzene rings is 2. The highest BCUT2D eigenvalue weighted by Gasteiger charge is 2.09. The first kappa shape index (κ1) is 13.4. The fourth-order valence-corrected chi connectivity index (χ4v) is 2.19. The lowest BCUT2D eigenvalue weighted by Gasteiger charge is -2.11. The lowest BCUT2D eigenvalue weighted by molar-refractivity contribution is 0.468. The number of fused-ring (bicyclic) bond motifs is 1. The van der Waals surface area contributed by atoms with Crippen molar-refractivity contribution in [2.45, 2.75) is 19.8 Å². The number of nitrogen functional groups attached to an aromatic ring is 1. The molecule has 106 valence electrons. The second-order valence-electron chi connectivity index (χ2n) is 5.23. The Morgan fingerprint density at radius 1 is 1.00 bits per heavy atom. The molecular formula is C17H17N3O. The molecule has 0 unspecified atom stereocenters. The van der Waals surface area contributed by atoms with Crippen molar-refractivity contribution >= 4 is 16.9 Å². The standard InChI is InChI=1S/C17H17N3O/c1-11(2)12-6-5-7-13(10-12)21-16-14-8-3-4-9-15(14)19-17(18)20-16/h3-11H,1-2H3,(H2,18,19,20). The summed E-state index contributed by atoms with van der Waals surface area (Å²) in [5.41, 5.74) is 7.75. The third-order valence-electron chi connectivity index (χ3n) is 3.32. The molecular weight excluding hydrogens is 262 g/mol. The molecule has 0 bridgehead atoms. The molecule has 0 atom stereocenters. The summed E-state index contributed by atoms with van der Waals surface area (Å²) in [4.78, 5) is 8.43. The highest BCUT2D eigenvalue weighted by atomic mass is 16.5. The van der Waals surface area contributed by atoms with E-state index in [0.29, 0.717) is 11.8 Å². The van der Waals surface area contributed by atoms with Crippen molar-refractivity contribution in [1.29, 1.82) is 0 Å². The van der Waals surface area contributed by atoms with Crippen molar-refractivity contribution in [3.63, 3.8) is 0 Å². The van der Waals surface area contributed by atoms with Crippen LogP contribution in [0.15, 0.2) is 48.5 Å². The Bertz CT molecular complexity index is 784. The van der Waals surface area contributed by atoms with Gasteiger partial charge in [-0.3, -0.25) is 0 Å². The molecule has 0 radical (unpaired) electrons. The van der Waals surface area contributed by atoms with Crippen LogP contribution in [0.3, 0.4) is 0 Å². The monoisotopic (exact) mass is 279 g/mol. The van der Waals surface area contributed by atoms with Crippen molar-refractivity contribution in [1.82, 2.24) is 9.97 Å². The first-order chi connectivity index (χ1) is 10.1. The highest BCUT2D eigenvalue weighted by molar-refractivity contribution is 5.84. The second-order valence-corrected chi connectivity index (χ2v) is 5.23. The summed E-state index contributed by atoms with van der Waals surface area (Å²) in [5.74, 6) is 1.90. The number of para-hydroxylation sites is 1. The van der Waals surface area contributed by atoms with E-state index in [4.69, 9.17) is 10.5 Å². The van der Waals surface area contributed by atoms with E-state index < -0.39 is 0 Å². The first-order valence-corrected chi connectivity index (χ1v) is 6.93. The van der Waals surface area contributed by atoms with Crippen molar-refractivity contribution < 1.29 is 4.74 Å². The van der Waals surface area contributed by atoms with Crippen LogP contribution in [-0.4, -0.2) is 9.97 Å². The topological polar surface area (TPSA) is 61.0 Å². The lowest BCUT2D eigenvalue weighted by atomic mass is 10.0. The van der Waals surface area contributed by atoms with Gasteiger partial charge in [-0.05, 0) is 35.7 Å². The van der Waals surface area contributed by atoms with Crippen LogP contribution >= 0.6 is 0 Å². The number of aromatic nitrogens is 2. The SMILES string of the molecule is CC(C)c1cccc(Oc2nc(N)nc3ccccc23)c1. The molecule has 2 N–H and O–H groups in total. The van der Waals surface area contributed by atoms with Crippen molar-refractivity contribution in [3.8, 4) is 11.6 Å². The van der Waals surface area contributed by atoms with Crippen LogP contribution in [0.5, 0.6) is 11.6 Å². The van der Waals surface area contributed by atoms with Gasteiger partial charge in [-0.15, -0.1) is 0 Å². The van der Waals surface area contributed by atoms with E-state index in [1.807, 2.05) is 42.5 Å². The molecule has 0 saturated carbocycles. The number of hydrogen-bond donors (Lipinski definition) is 1. The van der Waals surface area contributed by atoms with Gasteiger partial charge >= 0.3 is 0 Å². The molecule has 0 saturated heterocycles. The van der Waals surface area contributed by atoms with Gasteiger partial charge in [0.05, 0.1) is 10.9 Å². The van der Waals surface area contributed by atoms with Crippen LogP contribution in [-0.2, 0) is 0 Å². The Labute approximate surface area is 123 Å². The smallest absolute Gasteiger partial charge is 0.231 e. The maximum Gasteiger partial charge on any atom is 0.231 e. The molecule has 4 nitrogen and oxygen atoms in total. The van der Waals surface area contributed by atoms with Crippen LogP contribution in [0.25, 0.3) is 10.9 Å². The Morgan fingerprint density at radius 3 is 2.62 bits per heavy atom. The summed E-state index contributed by atoms with van der Waals surface area (Å²) in [5, 5.41) is 0.849. The minimum atomic E-state index is 0.212. The van der Waals surface area contributed by atoms with E-state index in [-0.39, 0.29) is 5.95 Å². The fraction of sp³-hybridized carbons (Fsp3) is 0.176. The number of rotatable bonds is 3. The van der Waals surface area contributed by atoms with Crippen LogP contribution in [0, 0.1) is 0 Å². The van der Waals surface area contributed by atoms with E-state index in [1.165, 1.54) is 5.56 Å². The third-order valence-corrected chi connectivity index (χ3v) is 3.32. The largest absolute Gasteiger partial charge is 0.438 e. The first-order valence-electron chi connectivity index (χ1n) is 6.93. The highest BCUT2D eigenvalue weighted by Crippen LogP contribution is 2.29. The number of hydrogen-bond acceptors (Lipinski definition) is 4. The number of ether oxygens (including phenoxy) is 1. The van der Waals surface area contributed by atoms with Crippen molar-refractivity contribution in [3.05, 3.63) is 54.1 Å². The Balaban J connectivity index is 2.03. The average Bonchev–Trinajstić information content (AvgIpc) is 2.47. The molecule has 1 heterocycles. The summed E-state index contributed by atoms with van der Waals surface area (Å²) >= 11 is 0. The maximum absolute atomic E-state index is 5.93. The van der Waals surface area contributed by atoms with Crippen LogP contribution in [0.1, 0.15) is 25.3 Å². The molecule has 0 aliphatic heterocycles. The van der Waals surface area contributed by atoms with E-state index in [9.17, 15) is 0 Å². The van der Waals surface area contributed by atoms with Gasteiger partial charge in [0.25, 0.3) is 0 Å². The van der Waals surface area contributed by atoms with E-state index >= 15 is 0 Å². The zero-order valence-corrected chi connectivity index (χ0v) is 12.1. The van der Waals surface area contributed by atoms with Gasteiger partial charge in [0, 0.05) is 0 Å². The van der Waals surface area contributed by atoms with E-state index in [2.05, 4.69) is 29.9 Å². The van der Waals surface area contributed by atoms with Gasteiger partial charge in [-0.2, -0.15) is 4.98 Å². The minimum absolute atomic E-state index is 0.212. The summed E-state index contributed by atoms with van der Waals surface area (Å²) in [6.45, 7) is 4.30. The van der Waals surface area contributed by atoms with Crippen LogP contribution < -0.4 is 10.5 Å². The average molecular weight is 279 g/mol. The van der Waals surface area contributed by atoms with Crippen LogP contribution in [0.4, 0.5) is 5.95 Å². The molecule has 0 amide bonds. The van der Waals surface area contributed by atoms with Crippen LogP contribution in [0.2, 0.25) is 0 Å². The summed E-state index contributed by atoms with van der Waals surface area (Å²) < 4.78 is 5.93. The lowest BCUT2D eigenvalue weighted by Crippen LogP contribution is -1.99. The molecule has 0 aliphatic carbocycles. The van der Waals surface area contributed by atoms with Gasteiger partial charge in [0.15, 0.2) is 0 Å². The van der Waals surface area contributed by atoms with Crippen molar-refractivity contribution in [2.75, 3.05) is 5.73 Å². The predicted molar refractivity (Wildman–Crippen MR) is 84.6 cm³/mol. The molecule has 0 aliphatic rings. The van der Waals surface area contributed by atoms with E-state index in [1.54, 1.807) is 0 Å². The van der Waals surface area contributed by atoms with Gasteiger partial charge < -0.3 is 10.5 Å². The molecule has 4 heteroatoms. The summed E-state index contributed by atoms with van der Waals surface area (Å²) in [6.07, 6.45) is 0. The molecule has 1 aromatic heterocycles. The Kier molecular flexibility index (Phi) is 3.44. The predicted octanol–water partition coefficient (Wildman–Crippen LogP) is 4.13. The van der Waals surface area contributed by atoms with E-state index in [0.717, 1.165) is 16.7 Å². The molecule has 3 aromatic rings. The molecule has 0 fully saturated rings. The Morgan fingerprint density at radius 2 is 1.81 bits per heavy atom. The van der Waals surface area contributed by atoms with Gasteiger partial charge in [0.1, 0.15) is 5.75 Å². The molecule has 21 heavy (non-hydrogen) atoms. The molecule has 2 aromatic carbocycles. The number of anilines is 1. The summed E-state index contributed by atoms with van der Waals surface area (Å²) in [7, 11) is 0. The fourth-order valence-electron chi connectivity index (χ4n) is 2.19. The van der Waals surface area contributed by atoms with Gasteiger partial charge in [-0.25, -0.2) is 4.98 Å². The summed E-state index contributed by atoms with van der Waals surface area (Å²) in [6, 6.07) is 15.7. The third kappa shape index (κ3) is 2.79. The quantitative estimate of drug-likeness (QED) is 0.783. The van der Waals surface area contributed by atoms with Gasteiger partial charge in [-0.1, -0.05) is 38.1 Å². The molecule has 3 rings (SSSR count).